The van der Waals surface area contributed by atoms with E-state index in [4.69, 9.17) is 33.2 Å². The van der Waals surface area contributed by atoms with E-state index in [-0.39, 0.29) is 55.6 Å². The third kappa shape index (κ3) is 9.56. The van der Waals surface area contributed by atoms with Crippen molar-refractivity contribution in [3.63, 3.8) is 0 Å². The molecule has 0 bridgehead atoms. The van der Waals surface area contributed by atoms with Gasteiger partial charge in [-0.1, -0.05) is 81.4 Å². The van der Waals surface area contributed by atoms with Crippen molar-refractivity contribution in [2.75, 3.05) is 34.7 Å². The molecule has 1 aliphatic heterocycles. The fourth-order valence-electron chi connectivity index (χ4n) is 5.90. The Balaban J connectivity index is 1.87. The second kappa shape index (κ2) is 17.9. The van der Waals surface area contributed by atoms with Gasteiger partial charge >= 0.3 is 0 Å². The molecule has 230 valence electrons. The predicted octanol–water partition coefficient (Wildman–Crippen LogP) is 5.21. The Kier molecular flexibility index (Phi) is 14.7. The standard InChI is InChI=1S/C33H50O8/c1-7-27-29(18-28(40-22-35-4)24(3)30(36-5)23(2)19-34)41-33(37-6)32(39-21-26-16-12-9-13-17-26)31(27)38-20-25-14-10-8-11-15-25/h8-17,23-24,27-34H,7,18-22H2,1-6H3/t23-,24-,27-,28+,29+,30+,31+,32+,33-/m0/s1. The molecule has 0 saturated carbocycles. The van der Waals surface area contributed by atoms with Crippen LogP contribution in [0.5, 0.6) is 0 Å². The Hall–Kier alpha value is -1.88. The van der Waals surface area contributed by atoms with Crippen molar-refractivity contribution < 1.29 is 38.3 Å². The molecule has 1 fully saturated rings. The summed E-state index contributed by atoms with van der Waals surface area (Å²) < 4.78 is 43.0. The van der Waals surface area contributed by atoms with E-state index in [1.807, 2.05) is 55.5 Å². The first-order chi connectivity index (χ1) is 20.0. The summed E-state index contributed by atoms with van der Waals surface area (Å²) in [5, 5.41) is 9.84. The summed E-state index contributed by atoms with van der Waals surface area (Å²) in [6.07, 6.45) is -0.607. The highest BCUT2D eigenvalue weighted by Crippen LogP contribution is 2.38. The Labute approximate surface area is 246 Å². The number of aliphatic hydroxyl groups excluding tert-OH is 1. The molecular formula is C33H50O8. The van der Waals surface area contributed by atoms with E-state index in [0.717, 1.165) is 17.5 Å². The van der Waals surface area contributed by atoms with E-state index in [1.165, 1.54) is 0 Å². The minimum Gasteiger partial charge on any atom is -0.396 e. The molecule has 1 saturated heterocycles. The molecule has 2 aromatic carbocycles. The molecule has 0 radical (unpaired) electrons. The van der Waals surface area contributed by atoms with Crippen molar-refractivity contribution in [1.29, 1.82) is 0 Å². The van der Waals surface area contributed by atoms with Gasteiger partial charge in [-0.05, 0) is 17.5 Å². The molecule has 1 aliphatic rings. The lowest BCUT2D eigenvalue weighted by Crippen LogP contribution is -2.57. The maximum atomic E-state index is 9.84. The van der Waals surface area contributed by atoms with Gasteiger partial charge in [-0.25, -0.2) is 0 Å². The van der Waals surface area contributed by atoms with Crippen molar-refractivity contribution >= 4 is 0 Å². The number of methoxy groups -OCH3 is 3. The number of ether oxygens (including phenoxy) is 7. The van der Waals surface area contributed by atoms with Crippen molar-refractivity contribution in [3.05, 3.63) is 71.8 Å². The van der Waals surface area contributed by atoms with Crippen LogP contribution in [0.15, 0.2) is 60.7 Å². The van der Waals surface area contributed by atoms with Crippen LogP contribution in [0.1, 0.15) is 44.7 Å². The molecule has 1 N–H and O–H groups in total. The number of benzene rings is 2. The molecule has 3 rings (SSSR count). The van der Waals surface area contributed by atoms with Gasteiger partial charge in [0.1, 0.15) is 12.9 Å². The highest BCUT2D eigenvalue weighted by atomic mass is 16.7. The largest absolute Gasteiger partial charge is 0.396 e. The summed E-state index contributed by atoms with van der Waals surface area (Å²) in [6.45, 7) is 7.27. The van der Waals surface area contributed by atoms with Gasteiger partial charge in [0, 0.05) is 52.1 Å². The minimum absolute atomic E-state index is 0.0167. The summed E-state index contributed by atoms with van der Waals surface area (Å²) in [7, 11) is 4.93. The lowest BCUT2D eigenvalue weighted by Gasteiger charge is -2.47. The Bertz CT molecular complexity index is 945. The third-order valence-electron chi connectivity index (χ3n) is 8.16. The Morgan fingerprint density at radius 3 is 1.93 bits per heavy atom. The zero-order valence-electron chi connectivity index (χ0n) is 25.5. The number of hydrogen-bond donors (Lipinski definition) is 1. The van der Waals surface area contributed by atoms with Crippen molar-refractivity contribution in [2.24, 2.45) is 17.8 Å². The van der Waals surface area contributed by atoms with Crippen molar-refractivity contribution in [2.45, 2.75) is 83.6 Å². The topological polar surface area (TPSA) is 84.8 Å². The quantitative estimate of drug-likeness (QED) is 0.243. The molecule has 0 aromatic heterocycles. The van der Waals surface area contributed by atoms with E-state index in [2.05, 4.69) is 26.0 Å². The third-order valence-corrected chi connectivity index (χ3v) is 8.16. The van der Waals surface area contributed by atoms with Crippen LogP contribution in [0, 0.1) is 17.8 Å². The van der Waals surface area contributed by atoms with Gasteiger partial charge < -0.3 is 38.3 Å². The molecular weight excluding hydrogens is 524 g/mol. The molecule has 0 unspecified atom stereocenters. The zero-order valence-corrected chi connectivity index (χ0v) is 25.5. The Morgan fingerprint density at radius 1 is 0.854 bits per heavy atom. The van der Waals surface area contributed by atoms with Gasteiger partial charge in [-0.3, -0.25) is 0 Å². The fourth-order valence-corrected chi connectivity index (χ4v) is 5.90. The van der Waals surface area contributed by atoms with E-state index >= 15 is 0 Å². The second-order valence-corrected chi connectivity index (χ2v) is 10.9. The minimum atomic E-state index is -0.625. The molecule has 8 heteroatoms. The monoisotopic (exact) mass is 574 g/mol. The van der Waals surface area contributed by atoms with Crippen LogP contribution in [0.4, 0.5) is 0 Å². The molecule has 1 heterocycles. The SMILES string of the molecule is CC[C@@H]1[C@@H](OCc2ccccc2)[C@@H](OCc2ccccc2)[C@@H](OC)O[C@@H]1C[C@@H](OCOC)[C@H](C)[C@H](OC)[C@@H](C)CO. The summed E-state index contributed by atoms with van der Waals surface area (Å²) >= 11 is 0. The fraction of sp³-hybridized carbons (Fsp3) is 0.636. The summed E-state index contributed by atoms with van der Waals surface area (Å²) in [5.41, 5.74) is 2.17. The number of hydrogen-bond acceptors (Lipinski definition) is 8. The van der Waals surface area contributed by atoms with Crippen LogP contribution in [0.25, 0.3) is 0 Å². The lowest BCUT2D eigenvalue weighted by molar-refractivity contribution is -0.305. The summed E-state index contributed by atoms with van der Waals surface area (Å²) in [4.78, 5) is 0. The van der Waals surface area contributed by atoms with Gasteiger partial charge in [0.25, 0.3) is 0 Å². The molecule has 8 nitrogen and oxygen atoms in total. The van der Waals surface area contributed by atoms with Gasteiger partial charge in [0.15, 0.2) is 6.29 Å². The smallest absolute Gasteiger partial charge is 0.186 e. The maximum absolute atomic E-state index is 9.84. The predicted molar refractivity (Wildman–Crippen MR) is 157 cm³/mol. The van der Waals surface area contributed by atoms with E-state index in [9.17, 15) is 5.11 Å². The highest BCUT2D eigenvalue weighted by molar-refractivity contribution is 5.14. The highest BCUT2D eigenvalue weighted by Gasteiger charge is 2.48. The van der Waals surface area contributed by atoms with Crippen LogP contribution >= 0.6 is 0 Å². The van der Waals surface area contributed by atoms with E-state index < -0.39 is 12.4 Å². The average Bonchev–Trinajstić information content (AvgIpc) is 3.01. The normalized spacial score (nSPS) is 25.9. The second-order valence-electron chi connectivity index (χ2n) is 10.9. The van der Waals surface area contributed by atoms with Gasteiger partial charge in [0.05, 0.1) is 37.6 Å². The molecule has 41 heavy (non-hydrogen) atoms. The summed E-state index contributed by atoms with van der Waals surface area (Å²) in [6, 6.07) is 20.3. The van der Waals surface area contributed by atoms with Gasteiger partial charge in [0.2, 0.25) is 0 Å². The van der Waals surface area contributed by atoms with Gasteiger partial charge in [-0.2, -0.15) is 0 Å². The number of rotatable bonds is 18. The first kappa shape index (κ1) is 33.6. The summed E-state index contributed by atoms with van der Waals surface area (Å²) in [5.74, 6) is -0.0690. The molecule has 9 atom stereocenters. The van der Waals surface area contributed by atoms with Crippen LogP contribution in [-0.2, 0) is 46.4 Å². The molecule has 0 aliphatic carbocycles. The first-order valence-electron chi connectivity index (χ1n) is 14.7. The number of aliphatic hydroxyl groups is 1. The van der Waals surface area contributed by atoms with E-state index in [0.29, 0.717) is 19.6 Å². The van der Waals surface area contributed by atoms with Crippen LogP contribution in [0.3, 0.4) is 0 Å². The molecule has 2 aromatic rings. The van der Waals surface area contributed by atoms with Crippen molar-refractivity contribution in [1.82, 2.24) is 0 Å². The van der Waals surface area contributed by atoms with Crippen LogP contribution < -0.4 is 0 Å². The Morgan fingerprint density at radius 2 is 1.44 bits per heavy atom. The van der Waals surface area contributed by atoms with Crippen LogP contribution in [0.2, 0.25) is 0 Å². The zero-order chi connectivity index (χ0) is 29.6. The lowest BCUT2D eigenvalue weighted by atomic mass is 9.80. The molecule has 0 spiro atoms. The average molecular weight is 575 g/mol. The van der Waals surface area contributed by atoms with E-state index in [1.54, 1.807) is 21.3 Å². The maximum Gasteiger partial charge on any atom is 0.186 e. The first-order valence-corrected chi connectivity index (χ1v) is 14.7. The molecule has 0 amide bonds. The van der Waals surface area contributed by atoms with Crippen molar-refractivity contribution in [3.8, 4) is 0 Å². The van der Waals surface area contributed by atoms with Crippen LogP contribution in [-0.4, -0.2) is 76.6 Å². The van der Waals surface area contributed by atoms with Gasteiger partial charge in [-0.15, -0.1) is 0 Å².